The summed E-state index contributed by atoms with van der Waals surface area (Å²) in [6.07, 6.45) is 0. The molecule has 0 bridgehead atoms. The van der Waals surface area contributed by atoms with Crippen molar-refractivity contribution < 1.29 is 24.5 Å². The molecule has 0 aromatic heterocycles. The van der Waals surface area contributed by atoms with Crippen LogP contribution in [0.1, 0.15) is 17.3 Å². The number of hydrogen-bond acceptors (Lipinski definition) is 4. The van der Waals surface area contributed by atoms with Gasteiger partial charge in [-0.15, -0.1) is 0 Å². The van der Waals surface area contributed by atoms with Crippen molar-refractivity contribution >= 4 is 11.9 Å². The van der Waals surface area contributed by atoms with Gasteiger partial charge in [0.15, 0.2) is 11.5 Å². The number of aliphatic carboxylic acids is 1. The van der Waals surface area contributed by atoms with Gasteiger partial charge in [-0.25, -0.2) is 0 Å². The topological polar surface area (TPSA) is 95.9 Å². The molecule has 0 spiro atoms. The zero-order valence-electron chi connectivity index (χ0n) is 9.43. The van der Waals surface area contributed by atoms with Gasteiger partial charge in [0.25, 0.3) is 5.91 Å². The number of carbonyl (C=O) groups is 2. The van der Waals surface area contributed by atoms with E-state index in [1.54, 1.807) is 0 Å². The van der Waals surface area contributed by atoms with E-state index >= 15 is 0 Å². The van der Waals surface area contributed by atoms with Crippen LogP contribution in [-0.2, 0) is 4.79 Å². The molecule has 17 heavy (non-hydrogen) atoms. The Balaban J connectivity index is 2.83. The summed E-state index contributed by atoms with van der Waals surface area (Å²) in [7, 11) is 1.39. The molecule has 1 atom stereocenters. The van der Waals surface area contributed by atoms with Crippen LogP contribution in [0.3, 0.4) is 0 Å². The summed E-state index contributed by atoms with van der Waals surface area (Å²) in [5, 5.41) is 20.4. The van der Waals surface area contributed by atoms with Crippen molar-refractivity contribution in [2.24, 2.45) is 0 Å². The van der Waals surface area contributed by atoms with Crippen LogP contribution in [0.25, 0.3) is 0 Å². The molecule has 0 fully saturated rings. The third-order valence-corrected chi connectivity index (χ3v) is 2.16. The Morgan fingerprint density at radius 3 is 2.53 bits per heavy atom. The van der Waals surface area contributed by atoms with Crippen LogP contribution in [0, 0.1) is 0 Å². The van der Waals surface area contributed by atoms with E-state index in [0.29, 0.717) is 0 Å². The Morgan fingerprint density at radius 2 is 2.06 bits per heavy atom. The maximum Gasteiger partial charge on any atom is 0.325 e. The number of nitrogens with one attached hydrogen (secondary N) is 1. The fourth-order valence-electron chi connectivity index (χ4n) is 1.17. The first-order valence-electron chi connectivity index (χ1n) is 4.86. The zero-order valence-corrected chi connectivity index (χ0v) is 9.43. The number of rotatable bonds is 4. The van der Waals surface area contributed by atoms with E-state index in [2.05, 4.69) is 5.32 Å². The van der Waals surface area contributed by atoms with Crippen molar-refractivity contribution in [3.8, 4) is 11.5 Å². The maximum absolute atomic E-state index is 11.6. The van der Waals surface area contributed by atoms with Crippen LogP contribution in [-0.4, -0.2) is 35.2 Å². The first-order chi connectivity index (χ1) is 7.95. The highest BCUT2D eigenvalue weighted by Gasteiger charge is 2.16. The van der Waals surface area contributed by atoms with Crippen molar-refractivity contribution in [1.82, 2.24) is 5.32 Å². The normalized spacial score (nSPS) is 11.6. The summed E-state index contributed by atoms with van der Waals surface area (Å²) in [5.74, 6) is -1.63. The average molecular weight is 239 g/mol. The van der Waals surface area contributed by atoms with Crippen LogP contribution in [0.2, 0.25) is 0 Å². The number of phenols is 1. The van der Waals surface area contributed by atoms with Gasteiger partial charge in [0.2, 0.25) is 0 Å². The number of amides is 1. The molecule has 0 aliphatic heterocycles. The monoisotopic (exact) mass is 239 g/mol. The van der Waals surface area contributed by atoms with Crippen molar-refractivity contribution in [2.75, 3.05) is 7.11 Å². The highest BCUT2D eigenvalue weighted by molar-refractivity contribution is 5.97. The summed E-state index contributed by atoms with van der Waals surface area (Å²) >= 11 is 0. The lowest BCUT2D eigenvalue weighted by Gasteiger charge is -2.10. The minimum absolute atomic E-state index is 0.163. The van der Waals surface area contributed by atoms with Gasteiger partial charge < -0.3 is 20.3 Å². The van der Waals surface area contributed by atoms with Crippen LogP contribution >= 0.6 is 0 Å². The number of ether oxygens (including phenoxy) is 1. The van der Waals surface area contributed by atoms with E-state index < -0.39 is 17.9 Å². The summed E-state index contributed by atoms with van der Waals surface area (Å²) in [5.41, 5.74) is 0.163. The molecule has 1 amide bonds. The summed E-state index contributed by atoms with van der Waals surface area (Å²) in [4.78, 5) is 22.1. The fraction of sp³-hybridized carbons (Fsp3) is 0.273. The number of benzene rings is 1. The lowest BCUT2D eigenvalue weighted by Crippen LogP contribution is -2.38. The average Bonchev–Trinajstić information content (AvgIpc) is 2.28. The molecule has 1 aromatic rings. The van der Waals surface area contributed by atoms with Gasteiger partial charge in [-0.3, -0.25) is 9.59 Å². The van der Waals surface area contributed by atoms with E-state index in [4.69, 9.17) is 9.84 Å². The number of hydrogen-bond donors (Lipinski definition) is 3. The van der Waals surface area contributed by atoms with Gasteiger partial charge >= 0.3 is 5.97 Å². The number of carboxylic acid groups (broad SMARTS) is 1. The number of carboxylic acids is 1. The van der Waals surface area contributed by atoms with E-state index in [1.807, 2.05) is 0 Å². The SMILES string of the molecule is COc1ccc(C(=O)N[C@@H](C)C(=O)O)cc1O. The number of carbonyl (C=O) groups excluding carboxylic acids is 1. The van der Waals surface area contributed by atoms with E-state index in [-0.39, 0.29) is 17.1 Å². The smallest absolute Gasteiger partial charge is 0.325 e. The lowest BCUT2D eigenvalue weighted by atomic mass is 10.1. The lowest BCUT2D eigenvalue weighted by molar-refractivity contribution is -0.138. The molecule has 0 unspecified atom stereocenters. The third-order valence-electron chi connectivity index (χ3n) is 2.16. The zero-order chi connectivity index (χ0) is 13.0. The fourth-order valence-corrected chi connectivity index (χ4v) is 1.17. The molecular formula is C11H13NO5. The molecule has 3 N–H and O–H groups in total. The van der Waals surface area contributed by atoms with E-state index in [0.717, 1.165) is 0 Å². The van der Waals surface area contributed by atoms with Crippen LogP contribution < -0.4 is 10.1 Å². The second-order valence-electron chi connectivity index (χ2n) is 3.42. The number of aromatic hydroxyl groups is 1. The predicted molar refractivity (Wildman–Crippen MR) is 59.2 cm³/mol. The second kappa shape index (κ2) is 5.20. The Kier molecular flexibility index (Phi) is 3.92. The quantitative estimate of drug-likeness (QED) is 0.715. The minimum atomic E-state index is -1.13. The second-order valence-corrected chi connectivity index (χ2v) is 3.42. The summed E-state index contributed by atoms with van der Waals surface area (Å²) < 4.78 is 4.82. The van der Waals surface area contributed by atoms with Gasteiger partial charge in [-0.05, 0) is 25.1 Å². The molecule has 1 aromatic carbocycles. The number of phenolic OH excluding ortho intramolecular Hbond substituents is 1. The maximum atomic E-state index is 11.6. The highest BCUT2D eigenvalue weighted by atomic mass is 16.5. The van der Waals surface area contributed by atoms with Crippen LogP contribution in [0.5, 0.6) is 11.5 Å². The largest absolute Gasteiger partial charge is 0.504 e. The molecule has 0 saturated heterocycles. The van der Waals surface area contributed by atoms with Gasteiger partial charge in [0.1, 0.15) is 6.04 Å². The molecule has 0 saturated carbocycles. The van der Waals surface area contributed by atoms with Gasteiger partial charge in [0.05, 0.1) is 7.11 Å². The highest BCUT2D eigenvalue weighted by Crippen LogP contribution is 2.26. The Bertz CT molecular complexity index is 443. The standard InChI is InChI=1S/C11H13NO5/c1-6(11(15)16)12-10(14)7-3-4-9(17-2)8(13)5-7/h3-6,13H,1-2H3,(H,12,14)(H,15,16)/t6-/m0/s1. The van der Waals surface area contributed by atoms with Crippen LogP contribution in [0.4, 0.5) is 0 Å². The van der Waals surface area contributed by atoms with Crippen molar-refractivity contribution in [3.63, 3.8) is 0 Å². The van der Waals surface area contributed by atoms with Gasteiger partial charge in [-0.1, -0.05) is 0 Å². The molecule has 6 heteroatoms. The molecule has 0 aliphatic rings. The summed E-state index contributed by atoms with van der Waals surface area (Å²) in [6, 6.07) is 3.08. The minimum Gasteiger partial charge on any atom is -0.504 e. The Morgan fingerprint density at radius 1 is 1.41 bits per heavy atom. The molecule has 0 radical (unpaired) electrons. The van der Waals surface area contributed by atoms with E-state index in [9.17, 15) is 14.7 Å². The first-order valence-corrected chi connectivity index (χ1v) is 4.86. The molecule has 1 rings (SSSR count). The van der Waals surface area contributed by atoms with Gasteiger partial charge in [-0.2, -0.15) is 0 Å². The van der Waals surface area contributed by atoms with E-state index in [1.165, 1.54) is 32.2 Å². The predicted octanol–water partition coefficient (Wildman–Crippen LogP) is 0.604. The van der Waals surface area contributed by atoms with Gasteiger partial charge in [0, 0.05) is 5.56 Å². The number of methoxy groups -OCH3 is 1. The van der Waals surface area contributed by atoms with Crippen molar-refractivity contribution in [2.45, 2.75) is 13.0 Å². The molecular weight excluding hydrogens is 226 g/mol. The first kappa shape index (κ1) is 12.8. The molecule has 0 heterocycles. The van der Waals surface area contributed by atoms with Crippen molar-refractivity contribution in [3.05, 3.63) is 23.8 Å². The Labute approximate surface area is 97.8 Å². The molecule has 0 aliphatic carbocycles. The van der Waals surface area contributed by atoms with Crippen LogP contribution in [0.15, 0.2) is 18.2 Å². The molecule has 92 valence electrons. The third kappa shape index (κ3) is 3.10. The molecule has 6 nitrogen and oxygen atoms in total. The summed E-state index contributed by atoms with van der Waals surface area (Å²) in [6.45, 7) is 1.35. The van der Waals surface area contributed by atoms with Crippen molar-refractivity contribution in [1.29, 1.82) is 0 Å². The Hall–Kier alpha value is -2.24.